The lowest BCUT2D eigenvalue weighted by Crippen LogP contribution is -2.28. The number of carbonyl (C=O) groups is 5. The summed E-state index contributed by atoms with van der Waals surface area (Å²) in [5.74, 6) is 1.17. The third-order valence-electron chi connectivity index (χ3n) is 27.0. The number of hydrogen-bond donors (Lipinski definition) is 1. The number of likely N-dealkylation sites (N-methyl/N-ethyl adjacent to an activating group) is 1. The molecule has 0 saturated heterocycles. The van der Waals surface area contributed by atoms with Gasteiger partial charge in [0.15, 0.2) is 23.1 Å². The number of ether oxygens (including phenoxy) is 4. The van der Waals surface area contributed by atoms with Gasteiger partial charge in [0.2, 0.25) is 5.91 Å². The maximum absolute atomic E-state index is 13.0. The van der Waals surface area contributed by atoms with Crippen LogP contribution in [-0.4, -0.2) is 119 Å². The average molecular weight is 2070 g/mol. The first kappa shape index (κ1) is 117. The first-order chi connectivity index (χ1) is 63.5. The fraction of sp³-hybridized carbons (Fsp3) is 0.496. The van der Waals surface area contributed by atoms with E-state index in [1.165, 1.54) is 80.3 Å². The van der Waals surface area contributed by atoms with Crippen molar-refractivity contribution in [3.05, 3.63) is 207 Å². The van der Waals surface area contributed by atoms with Crippen LogP contribution >= 0.6 is 100 Å². The number of nitrogens with zero attached hydrogens (tertiary/aromatic N) is 9. The molecular weight excluding hydrogens is 1910 g/mol. The Morgan fingerprint density at radius 2 is 0.579 bits per heavy atom. The predicted molar refractivity (Wildman–Crippen MR) is 598 cm³/mol. The molecule has 0 aliphatic heterocycles. The van der Waals surface area contributed by atoms with Crippen molar-refractivity contribution >= 4 is 174 Å². The number of halogens is 4. The van der Waals surface area contributed by atoms with Crippen LogP contribution in [0, 0.1) is 94.9 Å². The summed E-state index contributed by atoms with van der Waals surface area (Å²) in [6, 6.07) is 31.1. The zero-order valence-corrected chi connectivity index (χ0v) is 95.0. The third-order valence-corrected chi connectivity index (χ3v) is 28.0. The second-order valence-corrected chi connectivity index (χ2v) is 44.3. The van der Waals surface area contributed by atoms with Crippen molar-refractivity contribution in [1.82, 2.24) is 43.1 Å². The fourth-order valence-electron chi connectivity index (χ4n) is 19.7. The van der Waals surface area contributed by atoms with Crippen LogP contribution < -0.4 is 0 Å². The number of benzene rings is 4. The monoisotopic (exact) mass is 2060 g/mol. The lowest BCUT2D eigenvalue weighted by molar-refractivity contribution is -0.139. The molecule has 4 atom stereocenters. The van der Waals surface area contributed by atoms with E-state index >= 15 is 0 Å². The number of fused-ring (bicyclic) bond motifs is 4. The van der Waals surface area contributed by atoms with Gasteiger partial charge in [-0.15, -0.1) is 0 Å². The van der Waals surface area contributed by atoms with Crippen LogP contribution in [0.15, 0.2) is 97.1 Å². The second kappa shape index (κ2) is 47.1. The number of aliphatic hydroxyl groups is 1. The average Bonchev–Trinajstić information content (AvgIpc) is 1.57. The molecule has 760 valence electrons. The summed E-state index contributed by atoms with van der Waals surface area (Å²) in [6.07, 6.45) is 10.4. The molecular formula is C113H151Cl4N9O10S4. The zero-order valence-electron chi connectivity index (χ0n) is 88.0. The van der Waals surface area contributed by atoms with Gasteiger partial charge in [-0.2, -0.15) is 54.0 Å². The molecule has 0 spiro atoms. The van der Waals surface area contributed by atoms with Crippen LogP contribution in [0.25, 0.3) is 88.6 Å². The molecule has 0 bridgehead atoms. The maximum Gasteiger partial charge on any atom is 0.242 e. The molecule has 3 saturated carbocycles. The van der Waals surface area contributed by atoms with E-state index in [0.29, 0.717) is 44.2 Å². The van der Waals surface area contributed by atoms with Crippen molar-refractivity contribution in [2.45, 2.75) is 343 Å². The quantitative estimate of drug-likeness (QED) is 0.0595. The fourth-order valence-corrected chi connectivity index (χ4v) is 20.2. The van der Waals surface area contributed by atoms with Crippen LogP contribution in [0.4, 0.5) is 0 Å². The summed E-state index contributed by atoms with van der Waals surface area (Å²) >= 11 is 24.9. The predicted octanol–water partition coefficient (Wildman–Crippen LogP) is 28.7. The molecule has 12 aromatic rings. The Morgan fingerprint density at radius 3 is 0.800 bits per heavy atom. The molecule has 3 aliphatic rings. The van der Waals surface area contributed by atoms with Crippen molar-refractivity contribution in [2.75, 3.05) is 14.1 Å². The smallest absolute Gasteiger partial charge is 0.242 e. The summed E-state index contributed by atoms with van der Waals surface area (Å²) < 4.78 is 34.2. The highest BCUT2D eigenvalue weighted by Gasteiger charge is 2.43. The molecule has 140 heavy (non-hydrogen) atoms. The molecule has 0 radical (unpaired) electrons. The Bertz CT molecular complexity index is 6510. The molecule has 15 rings (SSSR count). The van der Waals surface area contributed by atoms with Crippen molar-refractivity contribution < 1.29 is 48.0 Å². The van der Waals surface area contributed by atoms with Gasteiger partial charge in [0.1, 0.15) is 53.5 Å². The minimum atomic E-state index is -0.783. The molecule has 27 heteroatoms. The molecule has 1 amide bonds. The number of aryl methyl sites for hydroxylation is 8. The SMILES string of the molecule is CC(=O)[C@@H](OC(C)(C)C)c1c(C)nc2c(c(C)c(C)n2CC(=O)N(C)C)c1-c1ccc(Cl)cc1.CC(=O)[C@@H](OC(C)(C)C)c1c(C)nc2c(c(C)c(C)n2CC2(O)CC2)c1-c1ccc(Cl)cc1.CC(=O)[C@@H](OC(C)(C)C)c1c(C)nc2c(c(C)c(C)n2CC2CCCC2)c1-c1ccc(Cl)cc1.CC(=O)[C@@H](OC(C)(C)C)c1c(C)nc2c(c(C)c(C)n2CC2CCCCC2)c1-c1ccc(Cl)cc1.S.S.S.S. The van der Waals surface area contributed by atoms with E-state index in [-0.39, 0.29) is 89.6 Å². The first-order valence-electron chi connectivity index (χ1n) is 48.2. The number of aromatic nitrogens is 8. The van der Waals surface area contributed by atoms with Crippen molar-refractivity contribution in [2.24, 2.45) is 11.8 Å². The number of rotatable bonds is 24. The van der Waals surface area contributed by atoms with E-state index in [1.54, 1.807) is 46.7 Å². The van der Waals surface area contributed by atoms with E-state index in [1.807, 2.05) is 226 Å². The lowest BCUT2D eigenvalue weighted by Gasteiger charge is -2.29. The Morgan fingerprint density at radius 1 is 0.364 bits per heavy atom. The van der Waals surface area contributed by atoms with Gasteiger partial charge in [0.25, 0.3) is 0 Å². The minimum absolute atomic E-state index is 0. The van der Waals surface area contributed by atoms with Gasteiger partial charge in [-0.05, 0) is 337 Å². The van der Waals surface area contributed by atoms with Gasteiger partial charge in [-0.1, -0.05) is 127 Å². The van der Waals surface area contributed by atoms with Crippen molar-refractivity contribution in [1.29, 1.82) is 0 Å². The molecule has 8 heterocycles. The number of hydrogen-bond acceptors (Lipinski definition) is 14. The van der Waals surface area contributed by atoms with E-state index in [0.717, 1.165) is 176 Å². The third kappa shape index (κ3) is 26.7. The highest BCUT2D eigenvalue weighted by Crippen LogP contribution is 2.50. The zero-order chi connectivity index (χ0) is 100. The number of amides is 1. The van der Waals surface area contributed by atoms with E-state index in [2.05, 4.69) is 55.2 Å². The summed E-state index contributed by atoms with van der Waals surface area (Å²) in [6.45, 7) is 57.4. The van der Waals surface area contributed by atoms with Crippen molar-refractivity contribution in [3.63, 3.8) is 0 Å². The van der Waals surface area contributed by atoms with E-state index < -0.39 is 52.4 Å². The largest absolute Gasteiger partial charge is 0.388 e. The summed E-state index contributed by atoms with van der Waals surface area (Å²) in [5, 5.41) is 17.5. The number of ketones is 4. The summed E-state index contributed by atoms with van der Waals surface area (Å²) in [5.41, 5.74) is 24.2. The van der Waals surface area contributed by atoms with Gasteiger partial charge >= 0.3 is 0 Å². The molecule has 8 aromatic heterocycles. The van der Waals surface area contributed by atoms with E-state index in [4.69, 9.17) is 85.3 Å². The number of pyridine rings is 4. The van der Waals surface area contributed by atoms with Gasteiger partial charge < -0.3 is 47.2 Å². The molecule has 1 N–H and O–H groups in total. The van der Waals surface area contributed by atoms with Gasteiger partial charge in [-0.3, -0.25) is 24.0 Å². The Labute approximate surface area is 878 Å². The molecule has 4 aromatic carbocycles. The van der Waals surface area contributed by atoms with Gasteiger partial charge in [0, 0.05) is 159 Å². The highest BCUT2D eigenvalue weighted by molar-refractivity contribution is 7.59. The maximum atomic E-state index is 13.0. The normalized spacial score (nSPS) is 14.8. The summed E-state index contributed by atoms with van der Waals surface area (Å²) in [7, 11) is 3.49. The van der Waals surface area contributed by atoms with Crippen LogP contribution in [0.1, 0.15) is 296 Å². The van der Waals surface area contributed by atoms with Crippen LogP contribution in [0.3, 0.4) is 0 Å². The van der Waals surface area contributed by atoms with E-state index in [9.17, 15) is 29.1 Å². The molecule has 3 fully saturated rings. The Hall–Kier alpha value is -7.85. The highest BCUT2D eigenvalue weighted by atomic mass is 35.5. The van der Waals surface area contributed by atoms with Crippen LogP contribution in [-0.2, 0) is 69.1 Å². The Balaban J connectivity index is 0.000000227. The second-order valence-electron chi connectivity index (χ2n) is 42.6. The Kier molecular flexibility index (Phi) is 39.5. The minimum Gasteiger partial charge on any atom is -0.388 e. The topological polar surface area (TPSA) is 217 Å². The van der Waals surface area contributed by atoms with Crippen molar-refractivity contribution in [3.8, 4) is 44.5 Å². The molecule has 3 aliphatic carbocycles. The first-order valence-corrected chi connectivity index (χ1v) is 49.7. The lowest BCUT2D eigenvalue weighted by atomic mass is 9.89. The molecule has 0 unspecified atom stereocenters. The van der Waals surface area contributed by atoms with Gasteiger partial charge in [-0.25, -0.2) is 19.9 Å². The van der Waals surface area contributed by atoms with Crippen LogP contribution in [0.5, 0.6) is 0 Å². The van der Waals surface area contributed by atoms with Crippen LogP contribution in [0.2, 0.25) is 20.1 Å². The van der Waals surface area contributed by atoms with Gasteiger partial charge in [0.05, 0.1) is 34.6 Å². The number of Topliss-reactive ketones (excluding diaryl/α,β-unsaturated/α-hetero) is 4. The molecule has 19 nitrogen and oxygen atoms in total. The summed E-state index contributed by atoms with van der Waals surface area (Å²) in [4.78, 5) is 86.2. The standard InChI is InChI=1S/C30H39ClN2O2.C29H37ClN2O2.C27H34ClN3O3.C27H33ClN2O3.4H2S/c1-18-20(3)33(17-22-11-9-8-10-12-22)29-25(18)27(23-13-15-24(31)16-14-23)26(19(2)32-29)28(21(4)34)35-30(5,6)7;1-17-19(3)32(16-21-10-8-9-11-21)28-24(17)26(22-12-14-23(30)15-13-22)25(18(2)31-28)27(20(4)33)34-29(5,6)7;1-15-17(3)31(14-21(33)30(8)9)26-22(15)24(19-10-12-20(28)13-11-19)23(16(2)29-26)25(18(4)32)34-27(5,6)7;1-15-17(3)30(14-27(32)12-13-27)25-21(15)23(19-8-10-20(28)11-9-19)22(16(2)29-25)24(18(4)31)33-26(5,6)7;;;;/h13-16,22,28H,8-12,17H2,1-7H3;12-15,21,27H,8-11,16H2,1-7H3;10-13,25H,14H2,1-9H3;8-11,24,32H,12-14H2,1-7H3;4*1H2/t28-;27-;25-;24-;;;;/m1111..../s1. The number of carbonyl (C=O) groups excluding carboxylic acids is 5.